The molecule has 0 bridgehead atoms. The Labute approximate surface area is 138 Å². The van der Waals surface area contributed by atoms with E-state index in [2.05, 4.69) is 21.2 Å². The predicted molar refractivity (Wildman–Crippen MR) is 89.9 cm³/mol. The van der Waals surface area contributed by atoms with Crippen molar-refractivity contribution in [2.24, 2.45) is 0 Å². The molecule has 0 radical (unpaired) electrons. The number of carbonyl (C=O) groups is 1. The molecule has 5 heteroatoms. The SMILES string of the molecule is CC(SCc1ccc(F)cc1Br)C(=O)NC1CCCCC1. The van der Waals surface area contributed by atoms with E-state index < -0.39 is 0 Å². The van der Waals surface area contributed by atoms with Gasteiger partial charge < -0.3 is 5.32 Å². The largest absolute Gasteiger partial charge is 0.352 e. The first-order chi connectivity index (χ1) is 10.1. The highest BCUT2D eigenvalue weighted by Gasteiger charge is 2.20. The minimum absolute atomic E-state index is 0.0936. The fourth-order valence-electron chi connectivity index (χ4n) is 2.49. The van der Waals surface area contributed by atoms with Crippen LogP contribution in [-0.2, 0) is 10.5 Å². The first-order valence-corrected chi connectivity index (χ1v) is 9.26. The monoisotopic (exact) mass is 373 g/mol. The lowest BCUT2D eigenvalue weighted by Crippen LogP contribution is -2.40. The van der Waals surface area contributed by atoms with E-state index >= 15 is 0 Å². The number of hydrogen-bond acceptors (Lipinski definition) is 2. The van der Waals surface area contributed by atoms with E-state index in [-0.39, 0.29) is 17.0 Å². The Morgan fingerprint density at radius 3 is 2.81 bits per heavy atom. The molecule has 1 unspecified atom stereocenters. The first kappa shape index (κ1) is 16.8. The number of thioether (sulfide) groups is 1. The second kappa shape index (κ2) is 8.18. The average molecular weight is 374 g/mol. The van der Waals surface area contributed by atoms with Gasteiger partial charge in [-0.15, -0.1) is 11.8 Å². The van der Waals surface area contributed by atoms with Crippen LogP contribution in [0.5, 0.6) is 0 Å². The van der Waals surface area contributed by atoms with Crippen LogP contribution in [0.3, 0.4) is 0 Å². The lowest BCUT2D eigenvalue weighted by atomic mass is 9.95. The van der Waals surface area contributed by atoms with E-state index in [1.165, 1.54) is 31.4 Å². The molecular weight excluding hydrogens is 353 g/mol. The third-order valence-electron chi connectivity index (χ3n) is 3.82. The molecule has 2 rings (SSSR count). The van der Waals surface area contributed by atoms with Crippen LogP contribution in [0.4, 0.5) is 4.39 Å². The van der Waals surface area contributed by atoms with Crippen molar-refractivity contribution in [3.05, 3.63) is 34.1 Å². The maximum atomic E-state index is 13.0. The van der Waals surface area contributed by atoms with Gasteiger partial charge in [-0.25, -0.2) is 4.39 Å². The van der Waals surface area contributed by atoms with Crippen LogP contribution in [0.25, 0.3) is 0 Å². The van der Waals surface area contributed by atoms with Gasteiger partial charge in [0.1, 0.15) is 5.82 Å². The molecule has 1 aromatic carbocycles. The molecule has 0 heterocycles. The second-order valence-electron chi connectivity index (χ2n) is 5.53. The number of amides is 1. The zero-order valence-electron chi connectivity index (χ0n) is 12.2. The zero-order chi connectivity index (χ0) is 15.2. The van der Waals surface area contributed by atoms with Crippen LogP contribution in [0, 0.1) is 5.82 Å². The van der Waals surface area contributed by atoms with Gasteiger partial charge in [-0.3, -0.25) is 4.79 Å². The second-order valence-corrected chi connectivity index (χ2v) is 7.72. The van der Waals surface area contributed by atoms with E-state index in [1.807, 2.05) is 6.92 Å². The van der Waals surface area contributed by atoms with Crippen molar-refractivity contribution in [1.29, 1.82) is 0 Å². The molecule has 0 aromatic heterocycles. The molecule has 2 nitrogen and oxygen atoms in total. The number of halogens is 2. The number of benzene rings is 1. The Balaban J connectivity index is 1.80. The minimum Gasteiger partial charge on any atom is -0.352 e. The molecule has 1 aliphatic carbocycles. The van der Waals surface area contributed by atoms with Crippen molar-refractivity contribution in [2.45, 2.75) is 56.1 Å². The highest BCUT2D eigenvalue weighted by molar-refractivity contribution is 9.10. The van der Waals surface area contributed by atoms with Crippen molar-refractivity contribution in [2.75, 3.05) is 0 Å². The lowest BCUT2D eigenvalue weighted by Gasteiger charge is -2.24. The van der Waals surface area contributed by atoms with Gasteiger partial charge in [-0.05, 0) is 37.5 Å². The van der Waals surface area contributed by atoms with E-state index in [1.54, 1.807) is 17.8 Å². The highest BCUT2D eigenvalue weighted by Crippen LogP contribution is 2.25. The molecule has 0 aliphatic heterocycles. The maximum Gasteiger partial charge on any atom is 0.233 e. The summed E-state index contributed by atoms with van der Waals surface area (Å²) in [5, 5.41) is 3.05. The van der Waals surface area contributed by atoms with Crippen LogP contribution < -0.4 is 5.32 Å². The summed E-state index contributed by atoms with van der Waals surface area (Å²) in [6.45, 7) is 1.93. The van der Waals surface area contributed by atoms with Gasteiger partial charge in [0.2, 0.25) is 5.91 Å². The molecular formula is C16H21BrFNOS. The fraction of sp³-hybridized carbons (Fsp3) is 0.562. The maximum absolute atomic E-state index is 13.0. The molecule has 1 amide bonds. The van der Waals surface area contributed by atoms with E-state index in [0.29, 0.717) is 11.8 Å². The summed E-state index contributed by atoms with van der Waals surface area (Å²) in [6, 6.07) is 5.03. The van der Waals surface area contributed by atoms with Gasteiger partial charge in [0.25, 0.3) is 0 Å². The van der Waals surface area contributed by atoms with Gasteiger partial charge in [-0.1, -0.05) is 41.3 Å². The van der Waals surface area contributed by atoms with Crippen molar-refractivity contribution in [3.63, 3.8) is 0 Å². The third-order valence-corrected chi connectivity index (χ3v) is 5.75. The smallest absolute Gasteiger partial charge is 0.233 e. The van der Waals surface area contributed by atoms with Crippen molar-refractivity contribution in [3.8, 4) is 0 Å². The van der Waals surface area contributed by atoms with E-state index in [4.69, 9.17) is 0 Å². The van der Waals surface area contributed by atoms with E-state index in [9.17, 15) is 9.18 Å². The van der Waals surface area contributed by atoms with Crippen LogP contribution in [-0.4, -0.2) is 17.2 Å². The summed E-state index contributed by atoms with van der Waals surface area (Å²) in [5.74, 6) is 0.559. The fourth-order valence-corrected chi connectivity index (χ4v) is 4.07. The molecule has 1 atom stereocenters. The van der Waals surface area contributed by atoms with Gasteiger partial charge in [0.05, 0.1) is 5.25 Å². The van der Waals surface area contributed by atoms with Crippen LogP contribution in [0.1, 0.15) is 44.6 Å². The molecule has 116 valence electrons. The predicted octanol–water partition coefficient (Wildman–Crippen LogP) is 4.66. The Morgan fingerprint density at radius 1 is 1.43 bits per heavy atom. The summed E-state index contributed by atoms with van der Waals surface area (Å²) < 4.78 is 13.8. The van der Waals surface area contributed by atoms with Crippen molar-refractivity contribution in [1.82, 2.24) is 5.32 Å². The van der Waals surface area contributed by atoms with Gasteiger partial charge in [0, 0.05) is 16.3 Å². The molecule has 1 saturated carbocycles. The number of rotatable bonds is 5. The summed E-state index contributed by atoms with van der Waals surface area (Å²) >= 11 is 4.94. The molecule has 0 saturated heterocycles. The standard InChI is InChI=1S/C16H21BrFNOS/c1-11(16(20)19-14-5-3-2-4-6-14)21-10-12-7-8-13(18)9-15(12)17/h7-9,11,14H,2-6,10H2,1H3,(H,19,20). The average Bonchev–Trinajstić information content (AvgIpc) is 2.47. The molecule has 0 spiro atoms. The van der Waals surface area contributed by atoms with Crippen LogP contribution >= 0.6 is 27.7 Å². The number of carbonyl (C=O) groups excluding carboxylic acids is 1. The normalized spacial score (nSPS) is 17.5. The molecule has 1 N–H and O–H groups in total. The summed E-state index contributed by atoms with van der Waals surface area (Å²) in [7, 11) is 0. The molecule has 1 aliphatic rings. The summed E-state index contributed by atoms with van der Waals surface area (Å²) in [6.07, 6.45) is 5.93. The van der Waals surface area contributed by atoms with Crippen molar-refractivity contribution >= 4 is 33.6 Å². The Kier molecular flexibility index (Phi) is 6.55. The molecule has 21 heavy (non-hydrogen) atoms. The summed E-state index contributed by atoms with van der Waals surface area (Å²) in [5.41, 5.74) is 1.01. The van der Waals surface area contributed by atoms with Gasteiger partial charge in [-0.2, -0.15) is 0 Å². The van der Waals surface area contributed by atoms with Gasteiger partial charge >= 0.3 is 0 Å². The highest BCUT2D eigenvalue weighted by atomic mass is 79.9. The number of nitrogens with one attached hydrogen (secondary N) is 1. The van der Waals surface area contributed by atoms with Crippen molar-refractivity contribution < 1.29 is 9.18 Å². The lowest BCUT2D eigenvalue weighted by molar-refractivity contribution is -0.121. The quantitative estimate of drug-likeness (QED) is 0.812. The van der Waals surface area contributed by atoms with Crippen LogP contribution in [0.2, 0.25) is 0 Å². The van der Waals surface area contributed by atoms with E-state index in [0.717, 1.165) is 22.9 Å². The Bertz CT molecular complexity index is 491. The summed E-state index contributed by atoms with van der Waals surface area (Å²) in [4.78, 5) is 12.2. The Hall–Kier alpha value is -0.550. The zero-order valence-corrected chi connectivity index (χ0v) is 14.6. The van der Waals surface area contributed by atoms with Gasteiger partial charge in [0.15, 0.2) is 0 Å². The molecule has 1 aromatic rings. The Morgan fingerprint density at radius 2 is 2.14 bits per heavy atom. The topological polar surface area (TPSA) is 29.1 Å². The molecule has 1 fully saturated rings. The minimum atomic E-state index is -0.251. The number of hydrogen-bond donors (Lipinski definition) is 1. The first-order valence-electron chi connectivity index (χ1n) is 7.42. The third kappa shape index (κ3) is 5.29. The van der Waals surface area contributed by atoms with Crippen LogP contribution in [0.15, 0.2) is 22.7 Å².